The molecule has 122 valence electrons. The van der Waals surface area contributed by atoms with Crippen LogP contribution in [-0.2, 0) is 13.0 Å². The molecule has 1 aliphatic rings. The molecule has 0 saturated heterocycles. The first-order valence-electron chi connectivity index (χ1n) is 8.17. The van der Waals surface area contributed by atoms with Crippen LogP contribution in [0.1, 0.15) is 11.3 Å². The Kier molecular flexibility index (Phi) is 3.28. The van der Waals surface area contributed by atoms with Gasteiger partial charge >= 0.3 is 0 Å². The average Bonchev–Trinajstić information content (AvgIpc) is 2.65. The Morgan fingerprint density at radius 3 is 2.92 bits per heavy atom. The van der Waals surface area contributed by atoms with E-state index in [0.717, 1.165) is 53.1 Å². The second-order valence-corrected chi connectivity index (χ2v) is 6.61. The summed E-state index contributed by atoms with van der Waals surface area (Å²) in [6.45, 7) is 1.65. The molecular formula is C19H14ClN5. The van der Waals surface area contributed by atoms with Gasteiger partial charge in [-0.25, -0.2) is 15.0 Å². The van der Waals surface area contributed by atoms with E-state index in [2.05, 4.69) is 20.9 Å². The van der Waals surface area contributed by atoms with Crippen LogP contribution in [0.2, 0.25) is 5.02 Å². The van der Waals surface area contributed by atoms with E-state index in [1.165, 1.54) is 5.56 Å². The van der Waals surface area contributed by atoms with E-state index in [1.54, 1.807) is 6.20 Å². The maximum Gasteiger partial charge on any atom is 0.159 e. The Balaban J connectivity index is 1.52. The lowest BCUT2D eigenvalue weighted by atomic mass is 10.0. The van der Waals surface area contributed by atoms with Crippen molar-refractivity contribution < 1.29 is 0 Å². The molecule has 25 heavy (non-hydrogen) atoms. The quantitative estimate of drug-likeness (QED) is 0.524. The summed E-state index contributed by atoms with van der Waals surface area (Å²) in [4.78, 5) is 20.6. The number of halogens is 1. The molecule has 5 rings (SSSR count). The number of fused-ring (bicyclic) bond motifs is 3. The molecule has 4 aromatic rings. The lowest BCUT2D eigenvalue weighted by Gasteiger charge is -2.29. The fourth-order valence-electron chi connectivity index (χ4n) is 3.29. The van der Waals surface area contributed by atoms with Crippen molar-refractivity contribution in [1.29, 1.82) is 0 Å². The van der Waals surface area contributed by atoms with Crippen LogP contribution >= 0.6 is 11.6 Å². The van der Waals surface area contributed by atoms with E-state index in [4.69, 9.17) is 21.6 Å². The van der Waals surface area contributed by atoms with Crippen molar-refractivity contribution in [3.05, 3.63) is 65.1 Å². The predicted octanol–water partition coefficient (Wildman–Crippen LogP) is 3.79. The van der Waals surface area contributed by atoms with Crippen LogP contribution in [-0.4, -0.2) is 26.5 Å². The molecule has 1 aromatic carbocycles. The van der Waals surface area contributed by atoms with Crippen LogP contribution in [0.5, 0.6) is 0 Å². The highest BCUT2D eigenvalue weighted by Gasteiger charge is 2.20. The maximum atomic E-state index is 6.02. The van der Waals surface area contributed by atoms with Crippen molar-refractivity contribution in [3.63, 3.8) is 0 Å². The van der Waals surface area contributed by atoms with Gasteiger partial charge in [0.05, 0.1) is 17.2 Å². The Labute approximate surface area is 149 Å². The maximum absolute atomic E-state index is 6.02. The van der Waals surface area contributed by atoms with Crippen molar-refractivity contribution in [1.82, 2.24) is 19.9 Å². The van der Waals surface area contributed by atoms with Crippen LogP contribution in [0.25, 0.3) is 22.1 Å². The molecule has 0 amide bonds. The van der Waals surface area contributed by atoms with Gasteiger partial charge in [-0.2, -0.15) is 0 Å². The number of hydrogen-bond acceptors (Lipinski definition) is 5. The largest absolute Gasteiger partial charge is 0.351 e. The summed E-state index contributed by atoms with van der Waals surface area (Å²) in [6, 6.07) is 11.8. The van der Waals surface area contributed by atoms with Crippen molar-refractivity contribution in [3.8, 4) is 0 Å². The summed E-state index contributed by atoms with van der Waals surface area (Å²) in [6.07, 6.45) is 4.48. The van der Waals surface area contributed by atoms with E-state index in [9.17, 15) is 0 Å². The molecule has 5 nitrogen and oxygen atoms in total. The van der Waals surface area contributed by atoms with Gasteiger partial charge in [0.2, 0.25) is 0 Å². The number of nitrogens with zero attached hydrogens (tertiary/aromatic N) is 5. The first-order valence-corrected chi connectivity index (χ1v) is 8.55. The zero-order valence-electron chi connectivity index (χ0n) is 13.4. The van der Waals surface area contributed by atoms with E-state index < -0.39 is 0 Å². The molecule has 4 heterocycles. The van der Waals surface area contributed by atoms with E-state index in [-0.39, 0.29) is 0 Å². The predicted molar refractivity (Wildman–Crippen MR) is 98.8 cm³/mol. The molecule has 0 spiro atoms. The van der Waals surface area contributed by atoms with Crippen LogP contribution in [0.3, 0.4) is 0 Å². The molecule has 6 heteroatoms. The zero-order chi connectivity index (χ0) is 16.8. The van der Waals surface area contributed by atoms with Gasteiger partial charge in [0, 0.05) is 41.8 Å². The molecule has 0 fully saturated rings. The summed E-state index contributed by atoms with van der Waals surface area (Å²) < 4.78 is 0. The molecule has 0 saturated carbocycles. The summed E-state index contributed by atoms with van der Waals surface area (Å²) >= 11 is 6.02. The molecule has 0 radical (unpaired) electrons. The minimum Gasteiger partial charge on any atom is -0.351 e. The third-order valence-corrected chi connectivity index (χ3v) is 4.79. The van der Waals surface area contributed by atoms with Gasteiger partial charge in [-0.1, -0.05) is 11.6 Å². The van der Waals surface area contributed by atoms with E-state index in [0.29, 0.717) is 5.02 Å². The Hall–Kier alpha value is -2.79. The van der Waals surface area contributed by atoms with Gasteiger partial charge in [-0.05, 0) is 42.0 Å². The normalized spacial score (nSPS) is 14.0. The first kappa shape index (κ1) is 14.5. The summed E-state index contributed by atoms with van der Waals surface area (Å²) in [7, 11) is 0. The second-order valence-electron chi connectivity index (χ2n) is 6.18. The molecule has 0 aliphatic carbocycles. The highest BCUT2D eigenvalue weighted by Crippen LogP contribution is 2.26. The minimum atomic E-state index is 0.674. The van der Waals surface area contributed by atoms with Crippen molar-refractivity contribution in [2.75, 3.05) is 11.4 Å². The van der Waals surface area contributed by atoms with Gasteiger partial charge in [0.1, 0.15) is 5.82 Å². The number of aromatic nitrogens is 4. The van der Waals surface area contributed by atoms with Gasteiger partial charge in [-0.3, -0.25) is 4.98 Å². The lowest BCUT2D eigenvalue weighted by Crippen LogP contribution is -2.31. The number of pyridine rings is 2. The minimum absolute atomic E-state index is 0.674. The average molecular weight is 348 g/mol. The monoisotopic (exact) mass is 347 g/mol. The van der Waals surface area contributed by atoms with Gasteiger partial charge in [-0.15, -0.1) is 0 Å². The first-order chi connectivity index (χ1) is 12.3. The third kappa shape index (κ3) is 2.57. The summed E-state index contributed by atoms with van der Waals surface area (Å²) in [5, 5.41) is 1.75. The Bertz CT molecular complexity index is 1110. The molecule has 0 unspecified atom stereocenters. The van der Waals surface area contributed by atoms with Gasteiger partial charge in [0.25, 0.3) is 0 Å². The fourth-order valence-corrected chi connectivity index (χ4v) is 3.45. The molecule has 0 N–H and O–H groups in total. The van der Waals surface area contributed by atoms with Crippen LogP contribution in [0.15, 0.2) is 48.8 Å². The van der Waals surface area contributed by atoms with E-state index >= 15 is 0 Å². The SMILES string of the molecule is Clc1ccc2nc(N3CCc4nc5ncccc5cc4C3)cnc2c1. The van der Waals surface area contributed by atoms with Crippen LogP contribution in [0.4, 0.5) is 5.82 Å². The highest BCUT2D eigenvalue weighted by molar-refractivity contribution is 6.31. The van der Waals surface area contributed by atoms with Crippen molar-refractivity contribution in [2.45, 2.75) is 13.0 Å². The molecule has 0 bridgehead atoms. The number of anilines is 1. The third-order valence-electron chi connectivity index (χ3n) is 4.55. The smallest absolute Gasteiger partial charge is 0.159 e. The second kappa shape index (κ2) is 5.63. The molecular weight excluding hydrogens is 334 g/mol. The Morgan fingerprint density at radius 2 is 1.96 bits per heavy atom. The van der Waals surface area contributed by atoms with Crippen molar-refractivity contribution >= 4 is 39.5 Å². The van der Waals surface area contributed by atoms with Crippen LogP contribution < -0.4 is 4.90 Å². The van der Waals surface area contributed by atoms with E-state index in [1.807, 2.05) is 36.5 Å². The van der Waals surface area contributed by atoms with Crippen LogP contribution in [0, 0.1) is 0 Å². The fraction of sp³-hybridized carbons (Fsp3) is 0.158. The standard InChI is InChI=1S/C19H14ClN5/c20-14-3-4-16-17(9-14)22-10-18(23-16)25-7-5-15-13(11-25)8-12-2-1-6-21-19(12)24-15/h1-4,6,8-10H,5,7,11H2. The topological polar surface area (TPSA) is 54.8 Å². The summed E-state index contributed by atoms with van der Waals surface area (Å²) in [5.41, 5.74) is 4.84. The number of benzene rings is 1. The molecule has 1 aliphatic heterocycles. The Morgan fingerprint density at radius 1 is 1.00 bits per heavy atom. The molecule has 0 atom stereocenters. The molecule has 3 aromatic heterocycles. The van der Waals surface area contributed by atoms with Crippen molar-refractivity contribution in [2.24, 2.45) is 0 Å². The van der Waals surface area contributed by atoms with Gasteiger partial charge < -0.3 is 4.90 Å². The highest BCUT2D eigenvalue weighted by atomic mass is 35.5. The number of rotatable bonds is 1. The number of hydrogen-bond donors (Lipinski definition) is 0. The lowest BCUT2D eigenvalue weighted by molar-refractivity contribution is 0.706. The zero-order valence-corrected chi connectivity index (χ0v) is 14.1. The summed E-state index contributed by atoms with van der Waals surface area (Å²) in [5.74, 6) is 0.881. The van der Waals surface area contributed by atoms with Gasteiger partial charge in [0.15, 0.2) is 5.65 Å².